The second-order valence-corrected chi connectivity index (χ2v) is 5.46. The van der Waals surface area contributed by atoms with E-state index in [1.165, 1.54) is 18.3 Å². The number of urea groups is 1. The van der Waals surface area contributed by atoms with Gasteiger partial charge in [0.05, 0.1) is 0 Å². The molecule has 124 valence electrons. The van der Waals surface area contributed by atoms with E-state index in [-0.39, 0.29) is 18.3 Å². The van der Waals surface area contributed by atoms with Gasteiger partial charge in [0, 0.05) is 31.4 Å². The molecule has 0 atom stereocenters. The van der Waals surface area contributed by atoms with E-state index < -0.39 is 11.8 Å². The van der Waals surface area contributed by atoms with Crippen LogP contribution in [0.1, 0.15) is 18.4 Å². The Hall–Kier alpha value is -2.96. The largest absolute Gasteiger partial charge is 0.334 e. The molecule has 3 amide bonds. The van der Waals surface area contributed by atoms with Crippen molar-refractivity contribution in [2.24, 2.45) is 0 Å². The Morgan fingerprint density at radius 3 is 2.92 bits per heavy atom. The first-order valence-electron chi connectivity index (χ1n) is 7.68. The van der Waals surface area contributed by atoms with Gasteiger partial charge in [-0.3, -0.25) is 10.1 Å². The summed E-state index contributed by atoms with van der Waals surface area (Å²) in [6.45, 7) is 0.977. The molecular formula is C17H17FN4O2. The maximum Gasteiger partial charge on any atom is 0.320 e. The van der Waals surface area contributed by atoms with E-state index in [9.17, 15) is 14.0 Å². The molecule has 0 spiro atoms. The van der Waals surface area contributed by atoms with Gasteiger partial charge in [0.1, 0.15) is 0 Å². The van der Waals surface area contributed by atoms with Gasteiger partial charge in [-0.2, -0.15) is 0 Å². The first-order valence-corrected chi connectivity index (χ1v) is 7.68. The lowest BCUT2D eigenvalue weighted by Gasteiger charge is -2.16. The third kappa shape index (κ3) is 3.68. The molecule has 0 unspecified atom stereocenters. The molecule has 24 heavy (non-hydrogen) atoms. The lowest BCUT2D eigenvalue weighted by atomic mass is 10.2. The van der Waals surface area contributed by atoms with E-state index in [4.69, 9.17) is 0 Å². The Morgan fingerprint density at radius 1 is 1.29 bits per heavy atom. The SMILES string of the molecule is O=C(NCc1cccc(N2CCCC2=O)c1)Nc1ncccc1F. The van der Waals surface area contributed by atoms with Gasteiger partial charge in [0.15, 0.2) is 11.6 Å². The number of anilines is 2. The third-order valence-electron chi connectivity index (χ3n) is 3.74. The normalized spacial score (nSPS) is 13.9. The quantitative estimate of drug-likeness (QED) is 0.906. The number of carbonyl (C=O) groups excluding carboxylic acids is 2. The van der Waals surface area contributed by atoms with Gasteiger partial charge in [0.2, 0.25) is 5.91 Å². The zero-order valence-corrected chi connectivity index (χ0v) is 13.0. The number of carbonyl (C=O) groups is 2. The van der Waals surface area contributed by atoms with Crippen molar-refractivity contribution in [3.05, 3.63) is 54.0 Å². The average Bonchev–Trinajstić information content (AvgIpc) is 3.01. The van der Waals surface area contributed by atoms with Crippen molar-refractivity contribution in [3.63, 3.8) is 0 Å². The second-order valence-electron chi connectivity index (χ2n) is 5.46. The van der Waals surface area contributed by atoms with E-state index in [1.807, 2.05) is 24.3 Å². The molecule has 1 aliphatic rings. The molecule has 0 bridgehead atoms. The Kier molecular flexibility index (Phi) is 4.69. The molecule has 1 saturated heterocycles. The molecule has 0 radical (unpaired) electrons. The summed E-state index contributed by atoms with van der Waals surface area (Å²) in [5.41, 5.74) is 1.68. The smallest absolute Gasteiger partial charge is 0.320 e. The first kappa shape index (κ1) is 15.9. The molecule has 2 aromatic rings. The van der Waals surface area contributed by atoms with Crippen molar-refractivity contribution in [1.82, 2.24) is 10.3 Å². The van der Waals surface area contributed by atoms with Crippen LogP contribution >= 0.6 is 0 Å². The third-order valence-corrected chi connectivity index (χ3v) is 3.74. The minimum Gasteiger partial charge on any atom is -0.334 e. The molecule has 0 saturated carbocycles. The van der Waals surface area contributed by atoms with E-state index >= 15 is 0 Å². The molecule has 1 aliphatic heterocycles. The molecule has 3 rings (SSSR count). The second kappa shape index (κ2) is 7.08. The van der Waals surface area contributed by atoms with Crippen molar-refractivity contribution < 1.29 is 14.0 Å². The van der Waals surface area contributed by atoms with Gasteiger partial charge in [-0.05, 0) is 36.2 Å². The van der Waals surface area contributed by atoms with Crippen LogP contribution < -0.4 is 15.5 Å². The predicted octanol–water partition coefficient (Wildman–Crippen LogP) is 2.67. The highest BCUT2D eigenvalue weighted by atomic mass is 19.1. The summed E-state index contributed by atoms with van der Waals surface area (Å²) >= 11 is 0. The van der Waals surface area contributed by atoms with Crippen LogP contribution in [0.15, 0.2) is 42.6 Å². The van der Waals surface area contributed by atoms with Gasteiger partial charge in [-0.15, -0.1) is 0 Å². The van der Waals surface area contributed by atoms with Gasteiger partial charge in [-0.25, -0.2) is 14.2 Å². The van der Waals surface area contributed by atoms with Crippen molar-refractivity contribution in [3.8, 4) is 0 Å². The molecule has 0 aliphatic carbocycles. The zero-order valence-electron chi connectivity index (χ0n) is 13.0. The maximum absolute atomic E-state index is 13.4. The molecule has 2 heterocycles. The van der Waals surface area contributed by atoms with Gasteiger partial charge < -0.3 is 10.2 Å². The molecular weight excluding hydrogens is 311 g/mol. The Morgan fingerprint density at radius 2 is 2.17 bits per heavy atom. The standard InChI is InChI=1S/C17H17FN4O2/c18-14-6-2-8-19-16(14)21-17(24)20-11-12-4-1-5-13(10-12)22-9-3-7-15(22)23/h1-2,4-6,8,10H,3,7,9,11H2,(H2,19,20,21,24). The molecule has 1 aromatic heterocycles. The summed E-state index contributed by atoms with van der Waals surface area (Å²) in [4.78, 5) is 29.1. The van der Waals surface area contributed by atoms with Crippen molar-refractivity contribution in [2.75, 3.05) is 16.8 Å². The number of halogens is 1. The number of nitrogens with zero attached hydrogens (tertiary/aromatic N) is 2. The summed E-state index contributed by atoms with van der Waals surface area (Å²) in [5.74, 6) is -0.600. The number of pyridine rings is 1. The lowest BCUT2D eigenvalue weighted by Crippen LogP contribution is -2.29. The van der Waals surface area contributed by atoms with E-state index in [0.717, 1.165) is 24.2 Å². The number of hydrogen-bond acceptors (Lipinski definition) is 3. The number of benzene rings is 1. The molecule has 7 heteroatoms. The molecule has 1 fully saturated rings. The van der Waals surface area contributed by atoms with E-state index in [0.29, 0.717) is 6.42 Å². The van der Waals surface area contributed by atoms with Crippen LogP contribution in [0.5, 0.6) is 0 Å². The summed E-state index contributed by atoms with van der Waals surface area (Å²) in [7, 11) is 0. The van der Waals surface area contributed by atoms with Crippen LogP contribution in [0.25, 0.3) is 0 Å². The summed E-state index contributed by atoms with van der Waals surface area (Å²) in [6.07, 6.45) is 2.83. The topological polar surface area (TPSA) is 74.3 Å². The van der Waals surface area contributed by atoms with Gasteiger partial charge in [-0.1, -0.05) is 12.1 Å². The minimum atomic E-state index is -0.595. The van der Waals surface area contributed by atoms with Crippen molar-refractivity contribution >= 4 is 23.4 Å². The van der Waals surface area contributed by atoms with Crippen molar-refractivity contribution in [1.29, 1.82) is 0 Å². The highest BCUT2D eigenvalue weighted by Crippen LogP contribution is 2.22. The molecule has 2 N–H and O–H groups in total. The first-order chi connectivity index (χ1) is 11.6. The van der Waals surface area contributed by atoms with Crippen LogP contribution in [0.3, 0.4) is 0 Å². The summed E-state index contributed by atoms with van der Waals surface area (Å²) in [6, 6.07) is 9.55. The average molecular weight is 328 g/mol. The van der Waals surface area contributed by atoms with E-state index in [2.05, 4.69) is 15.6 Å². The highest BCUT2D eigenvalue weighted by Gasteiger charge is 2.21. The zero-order chi connectivity index (χ0) is 16.9. The number of amides is 3. The van der Waals surface area contributed by atoms with Crippen LogP contribution in [-0.2, 0) is 11.3 Å². The highest BCUT2D eigenvalue weighted by molar-refractivity contribution is 5.95. The predicted molar refractivity (Wildman–Crippen MR) is 88.1 cm³/mol. The van der Waals surface area contributed by atoms with Crippen LogP contribution in [0.2, 0.25) is 0 Å². The number of rotatable bonds is 4. The fourth-order valence-electron chi connectivity index (χ4n) is 2.57. The van der Waals surface area contributed by atoms with Gasteiger partial charge in [0.25, 0.3) is 0 Å². The summed E-state index contributed by atoms with van der Waals surface area (Å²) < 4.78 is 13.4. The lowest BCUT2D eigenvalue weighted by molar-refractivity contribution is -0.117. The molecule has 1 aromatic carbocycles. The fourth-order valence-corrected chi connectivity index (χ4v) is 2.57. The minimum absolute atomic E-state index is 0.114. The van der Waals surface area contributed by atoms with Crippen molar-refractivity contribution in [2.45, 2.75) is 19.4 Å². The Labute approximate surface area is 138 Å². The van der Waals surface area contributed by atoms with Crippen LogP contribution in [0, 0.1) is 5.82 Å². The maximum atomic E-state index is 13.4. The van der Waals surface area contributed by atoms with Crippen LogP contribution in [0.4, 0.5) is 20.7 Å². The molecule has 6 nitrogen and oxygen atoms in total. The Bertz CT molecular complexity index is 766. The number of hydrogen-bond donors (Lipinski definition) is 2. The van der Waals surface area contributed by atoms with Crippen LogP contribution in [-0.4, -0.2) is 23.5 Å². The fraction of sp³-hybridized carbons (Fsp3) is 0.235. The van der Waals surface area contributed by atoms with Gasteiger partial charge >= 0.3 is 6.03 Å². The summed E-state index contributed by atoms with van der Waals surface area (Å²) in [5, 5.41) is 5.00. The Balaban J connectivity index is 1.59. The number of aromatic nitrogens is 1. The van der Waals surface area contributed by atoms with E-state index in [1.54, 1.807) is 4.90 Å². The monoisotopic (exact) mass is 328 g/mol. The number of nitrogens with one attached hydrogen (secondary N) is 2.